The molecule has 0 aliphatic rings. The van der Waals surface area contributed by atoms with E-state index in [2.05, 4.69) is 5.32 Å². The zero-order valence-corrected chi connectivity index (χ0v) is 16.7. The van der Waals surface area contributed by atoms with E-state index in [-0.39, 0.29) is 5.91 Å². The lowest BCUT2D eigenvalue weighted by molar-refractivity contribution is 0.102. The number of aryl methyl sites for hydroxylation is 2. The molecule has 1 amide bonds. The molecule has 0 bridgehead atoms. The third-order valence-electron chi connectivity index (χ3n) is 4.90. The maximum atomic E-state index is 13.2. The standard InChI is InChI=1S/C25H22N2O2/c1-16-4-7-18(8-5-16)24-15-22(21-14-17(2)6-13-23(21)27-24)25(28)26-19-9-11-20(29-3)12-10-19/h4-15H,1-3H3,(H,26,28). The van der Waals surface area contributed by atoms with E-state index in [9.17, 15) is 4.79 Å². The van der Waals surface area contributed by atoms with Crippen molar-refractivity contribution in [3.8, 4) is 17.0 Å². The molecular weight excluding hydrogens is 360 g/mol. The van der Waals surface area contributed by atoms with Gasteiger partial charge in [0.15, 0.2) is 0 Å². The van der Waals surface area contributed by atoms with E-state index in [0.29, 0.717) is 11.3 Å². The number of methoxy groups -OCH3 is 1. The first-order valence-corrected chi connectivity index (χ1v) is 9.47. The van der Waals surface area contributed by atoms with Gasteiger partial charge in [-0.05, 0) is 56.3 Å². The number of ether oxygens (including phenoxy) is 1. The molecule has 4 nitrogen and oxygen atoms in total. The van der Waals surface area contributed by atoms with Crippen LogP contribution in [0.3, 0.4) is 0 Å². The summed E-state index contributed by atoms with van der Waals surface area (Å²) in [6.45, 7) is 4.06. The van der Waals surface area contributed by atoms with Gasteiger partial charge in [0, 0.05) is 16.6 Å². The predicted octanol–water partition coefficient (Wildman–Crippen LogP) is 5.78. The summed E-state index contributed by atoms with van der Waals surface area (Å²) < 4.78 is 5.18. The van der Waals surface area contributed by atoms with Crippen molar-refractivity contribution < 1.29 is 9.53 Å². The predicted molar refractivity (Wildman–Crippen MR) is 118 cm³/mol. The summed E-state index contributed by atoms with van der Waals surface area (Å²) in [7, 11) is 1.62. The lowest BCUT2D eigenvalue weighted by atomic mass is 10.0. The van der Waals surface area contributed by atoms with E-state index < -0.39 is 0 Å². The molecule has 1 N–H and O–H groups in total. The number of fused-ring (bicyclic) bond motifs is 1. The summed E-state index contributed by atoms with van der Waals surface area (Å²) >= 11 is 0. The highest BCUT2D eigenvalue weighted by Crippen LogP contribution is 2.27. The fourth-order valence-electron chi connectivity index (χ4n) is 3.27. The highest BCUT2D eigenvalue weighted by atomic mass is 16.5. The van der Waals surface area contributed by atoms with Gasteiger partial charge in [0.25, 0.3) is 5.91 Å². The topological polar surface area (TPSA) is 51.2 Å². The minimum atomic E-state index is -0.165. The SMILES string of the molecule is COc1ccc(NC(=O)c2cc(-c3ccc(C)cc3)nc3ccc(C)cc23)cc1. The van der Waals surface area contributed by atoms with E-state index in [1.807, 2.05) is 86.6 Å². The highest BCUT2D eigenvalue weighted by Gasteiger charge is 2.15. The van der Waals surface area contributed by atoms with Crippen molar-refractivity contribution in [1.82, 2.24) is 4.98 Å². The van der Waals surface area contributed by atoms with Gasteiger partial charge in [-0.3, -0.25) is 4.79 Å². The van der Waals surface area contributed by atoms with E-state index in [1.54, 1.807) is 7.11 Å². The number of aromatic nitrogens is 1. The number of hydrogen-bond donors (Lipinski definition) is 1. The molecule has 0 saturated carbocycles. The molecule has 0 atom stereocenters. The van der Waals surface area contributed by atoms with Gasteiger partial charge < -0.3 is 10.1 Å². The molecule has 0 radical (unpaired) electrons. The van der Waals surface area contributed by atoms with Crippen LogP contribution in [0.2, 0.25) is 0 Å². The summed E-state index contributed by atoms with van der Waals surface area (Å²) in [6.07, 6.45) is 0. The van der Waals surface area contributed by atoms with Gasteiger partial charge in [0.05, 0.1) is 23.9 Å². The van der Waals surface area contributed by atoms with E-state index in [1.165, 1.54) is 5.56 Å². The molecule has 0 saturated heterocycles. The quantitative estimate of drug-likeness (QED) is 0.487. The number of benzene rings is 3. The van der Waals surface area contributed by atoms with Crippen molar-refractivity contribution in [1.29, 1.82) is 0 Å². The van der Waals surface area contributed by atoms with Crippen LogP contribution in [0.1, 0.15) is 21.5 Å². The van der Waals surface area contributed by atoms with Gasteiger partial charge in [-0.15, -0.1) is 0 Å². The van der Waals surface area contributed by atoms with Crippen LogP contribution in [0, 0.1) is 13.8 Å². The van der Waals surface area contributed by atoms with Gasteiger partial charge in [-0.25, -0.2) is 4.98 Å². The normalized spacial score (nSPS) is 10.7. The van der Waals surface area contributed by atoms with Crippen LogP contribution in [0.15, 0.2) is 72.8 Å². The zero-order valence-electron chi connectivity index (χ0n) is 16.7. The summed E-state index contributed by atoms with van der Waals surface area (Å²) in [6, 6.07) is 23.3. The Labute approximate surface area is 170 Å². The van der Waals surface area contributed by atoms with Gasteiger partial charge in [-0.2, -0.15) is 0 Å². The molecule has 0 fully saturated rings. The highest BCUT2D eigenvalue weighted by molar-refractivity contribution is 6.13. The Morgan fingerprint density at radius 3 is 2.24 bits per heavy atom. The van der Waals surface area contributed by atoms with Crippen molar-refractivity contribution >= 4 is 22.5 Å². The van der Waals surface area contributed by atoms with Crippen molar-refractivity contribution in [2.24, 2.45) is 0 Å². The van der Waals surface area contributed by atoms with E-state index in [4.69, 9.17) is 9.72 Å². The van der Waals surface area contributed by atoms with Crippen LogP contribution < -0.4 is 10.1 Å². The van der Waals surface area contributed by atoms with Gasteiger partial charge >= 0.3 is 0 Å². The molecular formula is C25H22N2O2. The second-order valence-electron chi connectivity index (χ2n) is 7.12. The number of nitrogens with zero attached hydrogens (tertiary/aromatic N) is 1. The molecule has 1 heterocycles. The Morgan fingerprint density at radius 2 is 1.55 bits per heavy atom. The Balaban J connectivity index is 1.78. The number of amides is 1. The number of carbonyl (C=O) groups excluding carboxylic acids is 1. The van der Waals surface area contributed by atoms with Gasteiger partial charge in [0.1, 0.15) is 5.75 Å². The minimum absolute atomic E-state index is 0.165. The molecule has 4 rings (SSSR count). The van der Waals surface area contributed by atoms with E-state index in [0.717, 1.165) is 33.5 Å². The molecule has 144 valence electrons. The molecule has 3 aromatic carbocycles. The Morgan fingerprint density at radius 1 is 0.862 bits per heavy atom. The number of hydrogen-bond acceptors (Lipinski definition) is 3. The summed E-state index contributed by atoms with van der Waals surface area (Å²) in [5, 5.41) is 3.83. The Hall–Kier alpha value is -3.66. The molecule has 0 aliphatic carbocycles. The lowest BCUT2D eigenvalue weighted by Gasteiger charge is -2.12. The number of anilines is 1. The third-order valence-corrected chi connectivity index (χ3v) is 4.90. The first kappa shape index (κ1) is 18.7. The van der Waals surface area contributed by atoms with Crippen molar-refractivity contribution in [3.63, 3.8) is 0 Å². The Bertz CT molecular complexity index is 1180. The molecule has 0 spiro atoms. The molecule has 4 aromatic rings. The maximum Gasteiger partial charge on any atom is 0.256 e. The van der Waals surface area contributed by atoms with Crippen LogP contribution in [0.25, 0.3) is 22.2 Å². The van der Waals surface area contributed by atoms with Crippen LogP contribution >= 0.6 is 0 Å². The monoisotopic (exact) mass is 382 g/mol. The third kappa shape index (κ3) is 3.97. The van der Waals surface area contributed by atoms with Crippen molar-refractivity contribution in [2.45, 2.75) is 13.8 Å². The summed E-state index contributed by atoms with van der Waals surface area (Å²) in [4.78, 5) is 18.0. The van der Waals surface area contributed by atoms with Crippen LogP contribution in [-0.4, -0.2) is 18.0 Å². The minimum Gasteiger partial charge on any atom is -0.497 e. The molecule has 0 unspecified atom stereocenters. The van der Waals surface area contributed by atoms with Crippen molar-refractivity contribution in [2.75, 3.05) is 12.4 Å². The number of rotatable bonds is 4. The van der Waals surface area contributed by atoms with Crippen LogP contribution in [-0.2, 0) is 0 Å². The lowest BCUT2D eigenvalue weighted by Crippen LogP contribution is -2.13. The zero-order chi connectivity index (χ0) is 20.4. The average Bonchev–Trinajstić information content (AvgIpc) is 2.74. The smallest absolute Gasteiger partial charge is 0.256 e. The van der Waals surface area contributed by atoms with E-state index >= 15 is 0 Å². The molecule has 0 aliphatic heterocycles. The first-order valence-electron chi connectivity index (χ1n) is 9.47. The van der Waals surface area contributed by atoms with Gasteiger partial charge in [-0.1, -0.05) is 41.5 Å². The summed E-state index contributed by atoms with van der Waals surface area (Å²) in [5.41, 5.74) is 6.14. The van der Waals surface area contributed by atoms with Crippen LogP contribution in [0.4, 0.5) is 5.69 Å². The summed E-state index contributed by atoms with van der Waals surface area (Å²) in [5.74, 6) is 0.580. The first-order chi connectivity index (χ1) is 14.0. The molecule has 1 aromatic heterocycles. The molecule has 4 heteroatoms. The van der Waals surface area contributed by atoms with Crippen LogP contribution in [0.5, 0.6) is 5.75 Å². The maximum absolute atomic E-state index is 13.2. The largest absolute Gasteiger partial charge is 0.497 e. The Kier molecular flexibility index (Phi) is 5.00. The molecule has 29 heavy (non-hydrogen) atoms. The fraction of sp³-hybridized carbons (Fsp3) is 0.120. The van der Waals surface area contributed by atoms with Crippen molar-refractivity contribution in [3.05, 3.63) is 89.5 Å². The second kappa shape index (κ2) is 7.76. The number of nitrogens with one attached hydrogen (secondary N) is 1. The van der Waals surface area contributed by atoms with Gasteiger partial charge in [0.2, 0.25) is 0 Å². The number of pyridine rings is 1. The fourth-order valence-corrected chi connectivity index (χ4v) is 3.27. The number of carbonyl (C=O) groups is 1. The second-order valence-corrected chi connectivity index (χ2v) is 7.12. The average molecular weight is 382 g/mol.